The number of fused-ring (bicyclic) bond motifs is 1. The molecule has 0 bridgehead atoms. The SMILES string of the molecule is O=C1/C(=C/c2c(N3CCN(c4ccccc4F)CC3)nc3ccccn3c2=O)SC(=S)N1[C@H]1CCS(=O)(=O)C1. The van der Waals surface area contributed by atoms with Crippen LogP contribution in [-0.2, 0) is 14.6 Å². The van der Waals surface area contributed by atoms with Crippen LogP contribution in [0, 0.1) is 5.82 Å². The van der Waals surface area contributed by atoms with E-state index in [0.717, 1.165) is 11.8 Å². The number of rotatable bonds is 4. The van der Waals surface area contributed by atoms with Crippen LogP contribution in [0.4, 0.5) is 15.9 Å². The van der Waals surface area contributed by atoms with Gasteiger partial charge in [-0.2, -0.15) is 0 Å². The fourth-order valence-electron chi connectivity index (χ4n) is 5.23. The molecule has 0 N–H and O–H groups in total. The van der Waals surface area contributed by atoms with Crippen LogP contribution in [-0.4, -0.2) is 76.7 Å². The molecule has 1 atom stereocenters. The first-order valence-electron chi connectivity index (χ1n) is 12.5. The molecule has 0 unspecified atom stereocenters. The Balaban J connectivity index is 1.35. The number of carbonyl (C=O) groups is 1. The van der Waals surface area contributed by atoms with Crippen molar-refractivity contribution >= 4 is 67.3 Å². The number of piperazine rings is 1. The van der Waals surface area contributed by atoms with Crippen molar-refractivity contribution in [1.29, 1.82) is 0 Å². The van der Waals surface area contributed by atoms with E-state index in [4.69, 9.17) is 17.2 Å². The number of sulfone groups is 1. The number of para-hydroxylation sites is 1. The van der Waals surface area contributed by atoms with Crippen LogP contribution in [0.3, 0.4) is 0 Å². The van der Waals surface area contributed by atoms with Crippen molar-refractivity contribution in [2.45, 2.75) is 12.5 Å². The second-order valence-corrected chi connectivity index (χ2v) is 13.5. The lowest BCUT2D eigenvalue weighted by Crippen LogP contribution is -2.47. The molecule has 3 aliphatic heterocycles. The van der Waals surface area contributed by atoms with Crippen LogP contribution in [0.5, 0.6) is 0 Å². The second kappa shape index (κ2) is 10.0. The van der Waals surface area contributed by atoms with E-state index in [1.54, 1.807) is 42.6 Å². The van der Waals surface area contributed by atoms with Gasteiger partial charge in [-0.1, -0.05) is 42.2 Å². The van der Waals surface area contributed by atoms with Crippen LogP contribution < -0.4 is 15.4 Å². The lowest BCUT2D eigenvalue weighted by molar-refractivity contribution is -0.123. The Morgan fingerprint density at radius 3 is 2.46 bits per heavy atom. The average molecular weight is 586 g/mol. The first kappa shape index (κ1) is 26.0. The van der Waals surface area contributed by atoms with Gasteiger partial charge in [0.2, 0.25) is 0 Å². The first-order chi connectivity index (χ1) is 18.7. The minimum Gasteiger partial charge on any atom is -0.366 e. The fourth-order valence-corrected chi connectivity index (χ4v) is 8.31. The van der Waals surface area contributed by atoms with Gasteiger partial charge < -0.3 is 9.80 Å². The Morgan fingerprint density at radius 1 is 1.03 bits per heavy atom. The van der Waals surface area contributed by atoms with Crippen LogP contribution in [0.25, 0.3) is 11.7 Å². The Kier molecular flexibility index (Phi) is 6.68. The molecule has 202 valence electrons. The number of benzene rings is 1. The number of thiocarbonyl (C=S) groups is 1. The molecule has 1 amide bonds. The number of carbonyl (C=O) groups excluding carboxylic acids is 1. The van der Waals surface area contributed by atoms with Gasteiger partial charge in [0.25, 0.3) is 11.5 Å². The Hall–Kier alpha value is -3.29. The number of aromatic nitrogens is 2. The molecule has 6 rings (SSSR count). The fraction of sp³-hybridized carbons (Fsp3) is 0.308. The van der Waals surface area contributed by atoms with E-state index < -0.39 is 21.8 Å². The summed E-state index contributed by atoms with van der Waals surface area (Å²) in [6, 6.07) is 11.4. The summed E-state index contributed by atoms with van der Waals surface area (Å²) in [5, 5.41) is 0. The van der Waals surface area contributed by atoms with Crippen molar-refractivity contribution in [2.24, 2.45) is 0 Å². The molecular formula is C26H24FN5O4S3. The topological polar surface area (TPSA) is 95.3 Å². The van der Waals surface area contributed by atoms with E-state index in [1.807, 2.05) is 9.80 Å². The highest BCUT2D eigenvalue weighted by molar-refractivity contribution is 8.26. The molecule has 39 heavy (non-hydrogen) atoms. The molecule has 3 aromatic rings. The number of thioether (sulfide) groups is 1. The van der Waals surface area contributed by atoms with Crippen molar-refractivity contribution in [1.82, 2.24) is 14.3 Å². The summed E-state index contributed by atoms with van der Waals surface area (Å²) < 4.78 is 40.1. The minimum absolute atomic E-state index is 0.0206. The predicted octanol–water partition coefficient (Wildman–Crippen LogP) is 2.55. The monoisotopic (exact) mass is 585 g/mol. The van der Waals surface area contributed by atoms with Gasteiger partial charge in [-0.25, -0.2) is 17.8 Å². The highest BCUT2D eigenvalue weighted by Gasteiger charge is 2.42. The van der Waals surface area contributed by atoms with Gasteiger partial charge in [-0.3, -0.25) is 18.9 Å². The third-order valence-electron chi connectivity index (χ3n) is 7.19. The normalized spacial score (nSPS) is 22.4. The van der Waals surface area contributed by atoms with Gasteiger partial charge >= 0.3 is 0 Å². The largest absolute Gasteiger partial charge is 0.366 e. The lowest BCUT2D eigenvalue weighted by atomic mass is 10.2. The van der Waals surface area contributed by atoms with Crippen LogP contribution in [0.2, 0.25) is 0 Å². The van der Waals surface area contributed by atoms with E-state index in [9.17, 15) is 22.4 Å². The summed E-state index contributed by atoms with van der Waals surface area (Å²) in [5.41, 5.74) is 0.912. The molecule has 3 saturated heterocycles. The third kappa shape index (κ3) is 4.83. The zero-order chi connectivity index (χ0) is 27.3. The van der Waals surface area contributed by atoms with Gasteiger partial charge in [-0.05, 0) is 36.8 Å². The van der Waals surface area contributed by atoms with E-state index >= 15 is 0 Å². The van der Waals surface area contributed by atoms with Crippen LogP contribution in [0.15, 0.2) is 58.4 Å². The number of hydrogen-bond acceptors (Lipinski definition) is 9. The lowest BCUT2D eigenvalue weighted by Gasteiger charge is -2.37. The molecule has 13 heteroatoms. The molecule has 9 nitrogen and oxygen atoms in total. The number of nitrogens with zero attached hydrogens (tertiary/aromatic N) is 5. The Morgan fingerprint density at radius 2 is 1.74 bits per heavy atom. The minimum atomic E-state index is -3.22. The number of pyridine rings is 1. The zero-order valence-electron chi connectivity index (χ0n) is 20.7. The van der Waals surface area contributed by atoms with Crippen molar-refractivity contribution in [3.8, 4) is 0 Å². The van der Waals surface area contributed by atoms with E-state index in [-0.39, 0.29) is 37.7 Å². The van der Waals surface area contributed by atoms with Gasteiger partial charge in [0, 0.05) is 32.4 Å². The summed E-state index contributed by atoms with van der Waals surface area (Å²) in [6.07, 6.45) is 3.48. The van der Waals surface area contributed by atoms with Crippen LogP contribution in [0.1, 0.15) is 12.0 Å². The van der Waals surface area contributed by atoms with Crippen molar-refractivity contribution in [3.63, 3.8) is 0 Å². The molecule has 3 aliphatic rings. The number of hydrogen-bond donors (Lipinski definition) is 0. The highest BCUT2D eigenvalue weighted by Crippen LogP contribution is 2.37. The van der Waals surface area contributed by atoms with Crippen molar-refractivity contribution < 1.29 is 17.6 Å². The van der Waals surface area contributed by atoms with Gasteiger partial charge in [0.1, 0.15) is 21.6 Å². The zero-order valence-corrected chi connectivity index (χ0v) is 23.1. The highest BCUT2D eigenvalue weighted by atomic mass is 32.2. The molecule has 0 aliphatic carbocycles. The van der Waals surface area contributed by atoms with Crippen molar-refractivity contribution in [3.05, 3.63) is 75.3 Å². The maximum absolute atomic E-state index is 14.4. The smallest absolute Gasteiger partial charge is 0.267 e. The number of anilines is 2. The third-order valence-corrected chi connectivity index (χ3v) is 10.3. The second-order valence-electron chi connectivity index (χ2n) is 9.62. The maximum atomic E-state index is 14.4. The number of amides is 1. The predicted molar refractivity (Wildman–Crippen MR) is 154 cm³/mol. The van der Waals surface area contributed by atoms with Gasteiger partial charge in [0.05, 0.1) is 33.7 Å². The van der Waals surface area contributed by atoms with E-state index in [2.05, 4.69) is 0 Å². The molecule has 0 radical (unpaired) electrons. The summed E-state index contributed by atoms with van der Waals surface area (Å²) in [5.74, 6) is -0.351. The summed E-state index contributed by atoms with van der Waals surface area (Å²) >= 11 is 6.51. The Bertz CT molecular complexity index is 1700. The van der Waals surface area contributed by atoms with Crippen molar-refractivity contribution in [2.75, 3.05) is 47.5 Å². The average Bonchev–Trinajstić information content (AvgIpc) is 3.42. The molecule has 1 aromatic carbocycles. The molecule has 5 heterocycles. The first-order valence-corrected chi connectivity index (χ1v) is 15.5. The molecular weight excluding hydrogens is 562 g/mol. The maximum Gasteiger partial charge on any atom is 0.267 e. The summed E-state index contributed by atoms with van der Waals surface area (Å²) in [7, 11) is -3.22. The summed E-state index contributed by atoms with van der Waals surface area (Å²) in [6.45, 7) is 2.03. The quantitative estimate of drug-likeness (QED) is 0.338. The van der Waals surface area contributed by atoms with E-state index in [1.165, 1.54) is 21.4 Å². The molecule has 0 spiro atoms. The number of halogens is 1. The summed E-state index contributed by atoms with van der Waals surface area (Å²) in [4.78, 5) is 37.4. The van der Waals surface area contributed by atoms with Gasteiger partial charge in [-0.15, -0.1) is 0 Å². The molecule has 0 saturated carbocycles. The standard InChI is InChI=1S/C26H24FN5O4S3/c27-19-5-1-2-6-20(19)29-10-12-30(13-11-29)23-18(24(33)31-9-4-3-7-22(31)28-23)15-21-25(34)32(26(37)38-21)17-8-14-39(35,36)16-17/h1-7,9,15,17H,8,10-14,16H2/b21-15-/t17-/m0/s1. The molecule has 2 aromatic heterocycles. The Labute approximate surface area is 233 Å². The van der Waals surface area contributed by atoms with Crippen LogP contribution >= 0.6 is 24.0 Å². The van der Waals surface area contributed by atoms with Gasteiger partial charge in [0.15, 0.2) is 9.84 Å². The van der Waals surface area contributed by atoms with E-state index in [0.29, 0.717) is 49.8 Å². The molecule has 3 fully saturated rings.